The minimum Gasteiger partial charge on any atom is -0.341 e. The molecule has 0 radical (unpaired) electrons. The largest absolute Gasteiger partial charge is 0.341 e. The number of nitrogens with one attached hydrogen (secondary N) is 1. The molecule has 0 spiro atoms. The van der Waals surface area contributed by atoms with Gasteiger partial charge in [0.2, 0.25) is 17.6 Å². The summed E-state index contributed by atoms with van der Waals surface area (Å²) >= 11 is 0. The Kier molecular flexibility index (Phi) is 5.61. The van der Waals surface area contributed by atoms with Crippen LogP contribution < -0.4 is 5.32 Å². The van der Waals surface area contributed by atoms with Gasteiger partial charge in [-0.1, -0.05) is 47.1 Å². The first-order chi connectivity index (χ1) is 14.5. The number of rotatable bonds is 5. The molecule has 1 saturated heterocycles. The first kappa shape index (κ1) is 19.8. The highest BCUT2D eigenvalue weighted by Gasteiger charge is 2.36. The molecule has 0 aliphatic carbocycles. The molecule has 1 aliphatic heterocycles. The first-order valence-electron chi connectivity index (χ1n) is 10.1. The number of amides is 2. The Balaban J connectivity index is 1.47. The highest BCUT2D eigenvalue weighted by molar-refractivity contribution is 5.97. The van der Waals surface area contributed by atoms with Gasteiger partial charge in [-0.3, -0.25) is 9.59 Å². The molecule has 154 valence electrons. The lowest BCUT2D eigenvalue weighted by Gasteiger charge is -2.25. The molecule has 1 fully saturated rings. The molecular weight excluding hydrogens is 380 g/mol. The van der Waals surface area contributed by atoms with E-state index in [0.29, 0.717) is 23.8 Å². The summed E-state index contributed by atoms with van der Waals surface area (Å²) < 4.78 is 5.51. The maximum Gasteiger partial charge on any atom is 0.251 e. The molecule has 0 bridgehead atoms. The lowest BCUT2D eigenvalue weighted by Crippen LogP contribution is -2.46. The number of hydrogen-bond acceptors (Lipinski definition) is 5. The number of likely N-dealkylation sites (tertiary alicyclic amines) is 1. The fourth-order valence-corrected chi connectivity index (χ4v) is 3.74. The molecule has 7 heteroatoms. The molecule has 1 N–H and O–H groups in total. The van der Waals surface area contributed by atoms with E-state index in [-0.39, 0.29) is 17.9 Å². The smallest absolute Gasteiger partial charge is 0.251 e. The molecule has 2 heterocycles. The van der Waals surface area contributed by atoms with Gasteiger partial charge >= 0.3 is 0 Å². The van der Waals surface area contributed by atoms with Crippen molar-refractivity contribution in [2.24, 2.45) is 0 Å². The van der Waals surface area contributed by atoms with Crippen LogP contribution in [0.15, 0.2) is 59.1 Å². The Morgan fingerprint density at radius 1 is 1.17 bits per heavy atom. The Labute approximate surface area is 175 Å². The number of benzene rings is 2. The van der Waals surface area contributed by atoms with Gasteiger partial charge in [-0.2, -0.15) is 4.98 Å². The third-order valence-corrected chi connectivity index (χ3v) is 5.29. The van der Waals surface area contributed by atoms with E-state index in [9.17, 15) is 9.59 Å². The second-order valence-electron chi connectivity index (χ2n) is 7.58. The molecule has 0 saturated carbocycles. The van der Waals surface area contributed by atoms with Crippen molar-refractivity contribution >= 4 is 11.8 Å². The summed E-state index contributed by atoms with van der Waals surface area (Å²) in [5.74, 6) is 0.515. The van der Waals surface area contributed by atoms with Crippen molar-refractivity contribution in [1.29, 1.82) is 0 Å². The second-order valence-corrected chi connectivity index (χ2v) is 7.58. The van der Waals surface area contributed by atoms with Gasteiger partial charge in [0, 0.05) is 17.7 Å². The molecule has 2 aromatic carbocycles. The molecule has 2 atom stereocenters. The predicted molar refractivity (Wildman–Crippen MR) is 112 cm³/mol. The standard InChI is InChI=1S/C23H24N4O3/c1-15-8-6-11-18(14-15)20-25-22(30-26-20)19-12-7-13-27(19)23(29)16(2)24-21(28)17-9-4-3-5-10-17/h3-6,8-11,14,16,19H,7,12-13H2,1-2H3,(H,24,28)/t16-,19+/m0/s1. The summed E-state index contributed by atoms with van der Waals surface area (Å²) in [7, 11) is 0. The maximum atomic E-state index is 13.0. The summed E-state index contributed by atoms with van der Waals surface area (Å²) in [5.41, 5.74) is 2.51. The van der Waals surface area contributed by atoms with Crippen LogP contribution in [0.5, 0.6) is 0 Å². The number of aromatic nitrogens is 2. The number of carbonyl (C=O) groups is 2. The minimum atomic E-state index is -0.655. The van der Waals surface area contributed by atoms with Gasteiger partial charge in [-0.25, -0.2) is 0 Å². The summed E-state index contributed by atoms with van der Waals surface area (Å²) in [5, 5.41) is 6.89. The second kappa shape index (κ2) is 8.49. The quantitative estimate of drug-likeness (QED) is 0.703. The number of nitrogens with zero attached hydrogens (tertiary/aromatic N) is 3. The highest BCUT2D eigenvalue weighted by Crippen LogP contribution is 2.32. The van der Waals surface area contributed by atoms with Gasteiger partial charge in [-0.05, 0) is 44.9 Å². The minimum absolute atomic E-state index is 0.155. The van der Waals surface area contributed by atoms with Gasteiger partial charge in [0.15, 0.2) is 0 Å². The average Bonchev–Trinajstić information content (AvgIpc) is 3.43. The van der Waals surface area contributed by atoms with Crippen molar-refractivity contribution in [2.45, 2.75) is 38.8 Å². The van der Waals surface area contributed by atoms with E-state index in [0.717, 1.165) is 24.0 Å². The van der Waals surface area contributed by atoms with E-state index in [2.05, 4.69) is 15.5 Å². The van der Waals surface area contributed by atoms with Crippen LogP contribution in [-0.2, 0) is 4.79 Å². The van der Waals surface area contributed by atoms with Crippen LogP contribution in [0.2, 0.25) is 0 Å². The van der Waals surface area contributed by atoms with Crippen molar-refractivity contribution in [3.05, 3.63) is 71.6 Å². The molecule has 3 aromatic rings. The zero-order valence-corrected chi connectivity index (χ0v) is 17.0. The third kappa shape index (κ3) is 4.10. The van der Waals surface area contributed by atoms with Crippen LogP contribution in [0.1, 0.15) is 47.6 Å². The molecule has 30 heavy (non-hydrogen) atoms. The van der Waals surface area contributed by atoms with Crippen LogP contribution in [0, 0.1) is 6.92 Å². The molecule has 1 aliphatic rings. The molecule has 2 amide bonds. The van der Waals surface area contributed by atoms with E-state index in [1.54, 1.807) is 36.1 Å². The summed E-state index contributed by atoms with van der Waals surface area (Å²) in [6, 6.07) is 15.8. The van der Waals surface area contributed by atoms with E-state index < -0.39 is 6.04 Å². The van der Waals surface area contributed by atoms with Crippen molar-refractivity contribution in [3.8, 4) is 11.4 Å². The van der Waals surface area contributed by atoms with E-state index in [4.69, 9.17) is 4.52 Å². The Bertz CT molecular complexity index is 1050. The third-order valence-electron chi connectivity index (χ3n) is 5.29. The SMILES string of the molecule is Cc1cccc(-c2noc([C@H]3CCCN3C(=O)[C@H](C)NC(=O)c3ccccc3)n2)c1. The summed E-state index contributed by atoms with van der Waals surface area (Å²) in [6.07, 6.45) is 1.60. The summed E-state index contributed by atoms with van der Waals surface area (Å²) in [6.45, 7) is 4.30. The van der Waals surface area contributed by atoms with Gasteiger partial charge in [-0.15, -0.1) is 0 Å². The number of carbonyl (C=O) groups excluding carboxylic acids is 2. The number of hydrogen-bond donors (Lipinski definition) is 1. The van der Waals surface area contributed by atoms with Crippen LogP contribution in [0.4, 0.5) is 0 Å². The highest BCUT2D eigenvalue weighted by atomic mass is 16.5. The number of aryl methyl sites for hydroxylation is 1. The van der Waals surface area contributed by atoms with Crippen molar-refractivity contribution < 1.29 is 14.1 Å². The van der Waals surface area contributed by atoms with Crippen LogP contribution in [0.25, 0.3) is 11.4 Å². The molecule has 4 rings (SSSR count). The molecule has 1 aromatic heterocycles. The zero-order valence-electron chi connectivity index (χ0n) is 17.0. The van der Waals surface area contributed by atoms with Crippen LogP contribution in [-0.4, -0.2) is 39.4 Å². The lowest BCUT2D eigenvalue weighted by atomic mass is 10.1. The average molecular weight is 404 g/mol. The summed E-state index contributed by atoms with van der Waals surface area (Å²) in [4.78, 5) is 31.7. The topological polar surface area (TPSA) is 88.3 Å². The van der Waals surface area contributed by atoms with Gasteiger partial charge in [0.05, 0.1) is 0 Å². The Hall–Kier alpha value is -3.48. The Morgan fingerprint density at radius 2 is 1.97 bits per heavy atom. The zero-order chi connectivity index (χ0) is 21.1. The van der Waals surface area contributed by atoms with Crippen LogP contribution >= 0.6 is 0 Å². The van der Waals surface area contributed by atoms with E-state index in [1.165, 1.54) is 0 Å². The predicted octanol–water partition coefficient (Wildman–Crippen LogP) is 3.53. The fraction of sp³-hybridized carbons (Fsp3) is 0.304. The Morgan fingerprint density at radius 3 is 2.73 bits per heavy atom. The molecule has 0 unspecified atom stereocenters. The van der Waals surface area contributed by atoms with E-state index >= 15 is 0 Å². The van der Waals surface area contributed by atoms with E-state index in [1.807, 2.05) is 37.3 Å². The molecule has 7 nitrogen and oxygen atoms in total. The van der Waals surface area contributed by atoms with Gasteiger partial charge < -0.3 is 14.7 Å². The normalized spacial score (nSPS) is 17.0. The van der Waals surface area contributed by atoms with Crippen molar-refractivity contribution in [1.82, 2.24) is 20.4 Å². The molecular formula is C23H24N4O3. The lowest BCUT2D eigenvalue weighted by molar-refractivity contribution is -0.134. The maximum absolute atomic E-state index is 13.0. The van der Waals surface area contributed by atoms with Crippen LogP contribution in [0.3, 0.4) is 0 Å². The van der Waals surface area contributed by atoms with Gasteiger partial charge in [0.1, 0.15) is 12.1 Å². The fourth-order valence-electron chi connectivity index (χ4n) is 3.74. The first-order valence-corrected chi connectivity index (χ1v) is 10.1. The van der Waals surface area contributed by atoms with Crippen molar-refractivity contribution in [2.75, 3.05) is 6.54 Å². The monoisotopic (exact) mass is 404 g/mol. The van der Waals surface area contributed by atoms with Gasteiger partial charge in [0.25, 0.3) is 5.91 Å². The van der Waals surface area contributed by atoms with Crippen molar-refractivity contribution in [3.63, 3.8) is 0 Å².